The molecule has 3 rings (SSSR count). The summed E-state index contributed by atoms with van der Waals surface area (Å²) >= 11 is 0. The molecule has 0 saturated heterocycles. The second kappa shape index (κ2) is 6.19. The van der Waals surface area contributed by atoms with Crippen molar-refractivity contribution < 1.29 is 13.9 Å². The number of nitrogens with zero attached hydrogens (tertiary/aromatic N) is 3. The van der Waals surface area contributed by atoms with E-state index in [0.29, 0.717) is 19.0 Å². The largest absolute Gasteiger partial charge is 0.433 e. The number of furan rings is 1. The minimum Gasteiger partial charge on any atom is -0.397 e. The first-order chi connectivity index (χ1) is 10.7. The number of hydrogen-bond acceptors (Lipinski definition) is 7. The molecule has 0 unspecified atom stereocenters. The van der Waals surface area contributed by atoms with Gasteiger partial charge in [-0.2, -0.15) is 4.98 Å². The molecule has 0 aliphatic carbocycles. The maximum absolute atomic E-state index is 10.6. The van der Waals surface area contributed by atoms with Crippen LogP contribution < -0.4 is 5.32 Å². The molecule has 0 aliphatic rings. The fourth-order valence-corrected chi connectivity index (χ4v) is 1.88. The van der Waals surface area contributed by atoms with Crippen molar-refractivity contribution >= 4 is 5.88 Å². The highest BCUT2D eigenvalue weighted by atomic mass is 16.6. The lowest BCUT2D eigenvalue weighted by Gasteiger charge is -2.00. The van der Waals surface area contributed by atoms with Crippen LogP contribution in [-0.2, 0) is 13.1 Å². The maximum atomic E-state index is 10.6. The van der Waals surface area contributed by atoms with E-state index in [-0.39, 0.29) is 17.5 Å². The van der Waals surface area contributed by atoms with Gasteiger partial charge in [0.15, 0.2) is 5.76 Å². The third-order valence-electron chi connectivity index (χ3n) is 2.91. The van der Waals surface area contributed by atoms with Crippen LogP contribution in [-0.4, -0.2) is 15.1 Å². The smallest absolute Gasteiger partial charge is 0.397 e. The van der Waals surface area contributed by atoms with Gasteiger partial charge >= 0.3 is 5.88 Å². The Kier molecular flexibility index (Phi) is 3.92. The van der Waals surface area contributed by atoms with Crippen molar-refractivity contribution in [2.45, 2.75) is 13.1 Å². The Balaban J connectivity index is 1.60. The predicted molar refractivity (Wildman–Crippen MR) is 75.6 cm³/mol. The summed E-state index contributed by atoms with van der Waals surface area (Å²) in [7, 11) is 0. The first-order valence-electron chi connectivity index (χ1n) is 6.54. The van der Waals surface area contributed by atoms with Gasteiger partial charge in [0.1, 0.15) is 4.92 Å². The van der Waals surface area contributed by atoms with Gasteiger partial charge < -0.3 is 14.3 Å². The molecule has 1 aromatic carbocycles. The molecule has 2 heterocycles. The van der Waals surface area contributed by atoms with Gasteiger partial charge in [-0.15, -0.1) is 0 Å². The Hall–Kier alpha value is -3.00. The molecule has 0 radical (unpaired) electrons. The summed E-state index contributed by atoms with van der Waals surface area (Å²) in [6.07, 6.45) is 0. The third-order valence-corrected chi connectivity index (χ3v) is 2.91. The van der Waals surface area contributed by atoms with Crippen LogP contribution in [0.3, 0.4) is 0 Å². The lowest BCUT2D eigenvalue weighted by atomic mass is 10.2. The zero-order valence-electron chi connectivity index (χ0n) is 11.4. The summed E-state index contributed by atoms with van der Waals surface area (Å²) in [5, 5.41) is 17.5. The summed E-state index contributed by atoms with van der Waals surface area (Å²) in [4.78, 5) is 14.1. The van der Waals surface area contributed by atoms with E-state index in [9.17, 15) is 10.1 Å². The molecule has 2 aromatic heterocycles. The predicted octanol–water partition coefficient (Wildman–Crippen LogP) is 2.53. The SMILES string of the molecule is O=[N+]([O-])c1ccc(-c2noc(CNCc3ccccc3)n2)o1. The monoisotopic (exact) mass is 300 g/mol. The molecule has 3 aromatic rings. The topological polar surface area (TPSA) is 107 Å². The Bertz CT molecular complexity index is 766. The average molecular weight is 300 g/mol. The molecule has 0 atom stereocenters. The van der Waals surface area contributed by atoms with Crippen molar-refractivity contribution in [2.75, 3.05) is 0 Å². The van der Waals surface area contributed by atoms with Crippen LogP contribution in [0.5, 0.6) is 0 Å². The van der Waals surface area contributed by atoms with Crippen LogP contribution in [0.15, 0.2) is 51.4 Å². The van der Waals surface area contributed by atoms with Crippen LogP contribution >= 0.6 is 0 Å². The molecular formula is C14H12N4O4. The normalized spacial score (nSPS) is 10.7. The van der Waals surface area contributed by atoms with Crippen LogP contribution in [0.25, 0.3) is 11.6 Å². The first-order valence-corrected chi connectivity index (χ1v) is 6.54. The van der Waals surface area contributed by atoms with Crippen LogP contribution in [0, 0.1) is 10.1 Å². The molecule has 8 heteroatoms. The highest BCUT2D eigenvalue weighted by Crippen LogP contribution is 2.23. The average Bonchev–Trinajstić information content (AvgIpc) is 3.17. The van der Waals surface area contributed by atoms with Crippen molar-refractivity contribution in [3.05, 3.63) is 64.0 Å². The van der Waals surface area contributed by atoms with E-state index in [0.717, 1.165) is 5.56 Å². The van der Waals surface area contributed by atoms with Crippen LogP contribution in [0.4, 0.5) is 5.88 Å². The van der Waals surface area contributed by atoms with Gasteiger partial charge in [-0.05, 0) is 11.6 Å². The Labute approximate surface area is 124 Å². The van der Waals surface area contributed by atoms with Gasteiger partial charge in [-0.25, -0.2) is 0 Å². The molecule has 0 spiro atoms. The van der Waals surface area contributed by atoms with E-state index in [1.54, 1.807) is 0 Å². The number of nitro groups is 1. The fourth-order valence-electron chi connectivity index (χ4n) is 1.88. The quantitative estimate of drug-likeness (QED) is 0.550. The number of aromatic nitrogens is 2. The van der Waals surface area contributed by atoms with Crippen molar-refractivity contribution in [3.8, 4) is 11.6 Å². The third kappa shape index (κ3) is 3.18. The first kappa shape index (κ1) is 14.0. The molecule has 0 fully saturated rings. The standard InChI is InChI=1S/C14H12N4O4/c19-18(20)13-7-6-11(21-13)14-16-12(22-17-14)9-15-8-10-4-2-1-3-5-10/h1-7,15H,8-9H2. The molecule has 0 bridgehead atoms. The van der Waals surface area contributed by atoms with Gasteiger partial charge in [-0.3, -0.25) is 10.1 Å². The Morgan fingerprint density at radius 1 is 1.14 bits per heavy atom. The lowest BCUT2D eigenvalue weighted by Crippen LogP contribution is -2.12. The summed E-state index contributed by atoms with van der Waals surface area (Å²) < 4.78 is 10.1. The summed E-state index contributed by atoms with van der Waals surface area (Å²) in [6, 6.07) is 12.6. The molecule has 0 amide bonds. The van der Waals surface area contributed by atoms with Crippen LogP contribution in [0.1, 0.15) is 11.5 Å². The molecule has 112 valence electrons. The minimum absolute atomic E-state index is 0.185. The van der Waals surface area contributed by atoms with Gasteiger partial charge in [0.25, 0.3) is 0 Å². The molecular weight excluding hydrogens is 288 g/mol. The zero-order valence-corrected chi connectivity index (χ0v) is 11.4. The van der Waals surface area contributed by atoms with Crippen molar-refractivity contribution in [2.24, 2.45) is 0 Å². The number of benzene rings is 1. The zero-order chi connectivity index (χ0) is 15.4. The number of rotatable bonds is 6. The Morgan fingerprint density at radius 2 is 1.95 bits per heavy atom. The van der Waals surface area contributed by atoms with Crippen molar-refractivity contribution in [3.63, 3.8) is 0 Å². The van der Waals surface area contributed by atoms with Gasteiger partial charge in [0.2, 0.25) is 11.7 Å². The summed E-state index contributed by atoms with van der Waals surface area (Å²) in [5.74, 6) is 0.405. The molecule has 0 aliphatic heterocycles. The molecule has 22 heavy (non-hydrogen) atoms. The fraction of sp³-hybridized carbons (Fsp3) is 0.143. The van der Waals surface area contributed by atoms with E-state index < -0.39 is 4.92 Å². The summed E-state index contributed by atoms with van der Waals surface area (Å²) in [5.41, 5.74) is 1.14. The Morgan fingerprint density at radius 3 is 2.68 bits per heavy atom. The van der Waals surface area contributed by atoms with E-state index in [1.807, 2.05) is 30.3 Å². The number of hydrogen-bond donors (Lipinski definition) is 1. The van der Waals surface area contributed by atoms with Gasteiger partial charge in [0, 0.05) is 6.54 Å². The molecule has 8 nitrogen and oxygen atoms in total. The lowest BCUT2D eigenvalue weighted by molar-refractivity contribution is -0.401. The molecule has 0 saturated carbocycles. The van der Waals surface area contributed by atoms with E-state index in [4.69, 9.17) is 8.94 Å². The second-order valence-corrected chi connectivity index (χ2v) is 4.50. The number of nitrogens with one attached hydrogen (secondary N) is 1. The van der Waals surface area contributed by atoms with E-state index in [1.165, 1.54) is 12.1 Å². The second-order valence-electron chi connectivity index (χ2n) is 4.50. The maximum Gasteiger partial charge on any atom is 0.433 e. The molecule has 1 N–H and O–H groups in total. The highest BCUT2D eigenvalue weighted by Gasteiger charge is 2.17. The van der Waals surface area contributed by atoms with Gasteiger partial charge in [-0.1, -0.05) is 35.5 Å². The summed E-state index contributed by atoms with van der Waals surface area (Å²) in [6.45, 7) is 1.06. The highest BCUT2D eigenvalue weighted by molar-refractivity contribution is 5.47. The van der Waals surface area contributed by atoms with Crippen molar-refractivity contribution in [1.29, 1.82) is 0 Å². The van der Waals surface area contributed by atoms with E-state index >= 15 is 0 Å². The minimum atomic E-state index is -0.619. The van der Waals surface area contributed by atoms with E-state index in [2.05, 4.69) is 15.5 Å². The van der Waals surface area contributed by atoms with Crippen LogP contribution in [0.2, 0.25) is 0 Å². The van der Waals surface area contributed by atoms with Gasteiger partial charge in [0.05, 0.1) is 12.6 Å². The van der Waals surface area contributed by atoms with Crippen molar-refractivity contribution in [1.82, 2.24) is 15.5 Å².